The second-order valence-corrected chi connectivity index (χ2v) is 10.5. The van der Waals surface area contributed by atoms with Gasteiger partial charge in [0.2, 0.25) is 0 Å². The third-order valence-corrected chi connectivity index (χ3v) is 7.68. The second-order valence-electron chi connectivity index (χ2n) is 9.11. The van der Waals surface area contributed by atoms with Crippen molar-refractivity contribution in [2.24, 2.45) is 16.6 Å². The van der Waals surface area contributed by atoms with Crippen LogP contribution in [0.15, 0.2) is 35.5 Å². The van der Waals surface area contributed by atoms with Crippen LogP contribution in [-0.4, -0.2) is 47.2 Å². The van der Waals surface area contributed by atoms with E-state index in [1.54, 1.807) is 20.1 Å². The minimum Gasteiger partial charge on any atom is -0.482 e. The fourth-order valence-electron chi connectivity index (χ4n) is 4.75. The van der Waals surface area contributed by atoms with Gasteiger partial charge in [-0.3, -0.25) is 9.79 Å². The van der Waals surface area contributed by atoms with Crippen LogP contribution in [0.3, 0.4) is 0 Å². The third kappa shape index (κ3) is 5.16. The van der Waals surface area contributed by atoms with Gasteiger partial charge in [0.25, 0.3) is 0 Å². The molecule has 3 atom stereocenters. The summed E-state index contributed by atoms with van der Waals surface area (Å²) in [4.78, 5) is 21.5. The van der Waals surface area contributed by atoms with Crippen LogP contribution in [0.5, 0.6) is 5.75 Å². The number of rotatable bonds is 8. The van der Waals surface area contributed by atoms with E-state index >= 15 is 4.39 Å². The first-order valence-electron chi connectivity index (χ1n) is 10.9. The molecule has 2 heterocycles. The van der Waals surface area contributed by atoms with Crippen LogP contribution in [0.1, 0.15) is 40.5 Å². The number of nitrogens with two attached hydrogens (primary N) is 1. The van der Waals surface area contributed by atoms with Gasteiger partial charge in [0.05, 0.1) is 23.1 Å². The number of thioether (sulfide) groups is 1. The monoisotopic (exact) mass is 511 g/mol. The third-order valence-electron chi connectivity index (χ3n) is 6.40. The Bertz CT molecular complexity index is 1190. The molecular weight excluding hydrogens is 486 g/mol. The molecule has 6 nitrogen and oxygen atoms in total. The van der Waals surface area contributed by atoms with E-state index in [2.05, 4.69) is 14.7 Å². The average Bonchev–Trinajstić information content (AvgIpc) is 3.48. The quantitative estimate of drug-likeness (QED) is 0.413. The largest absolute Gasteiger partial charge is 0.482 e. The highest BCUT2D eigenvalue weighted by Gasteiger charge is 2.66. The first-order valence-corrected chi connectivity index (χ1v) is 11.7. The van der Waals surface area contributed by atoms with Gasteiger partial charge in [0, 0.05) is 25.0 Å². The fraction of sp³-hybridized carbons (Fsp3) is 0.458. The number of fused-ring (bicyclic) bond motifs is 1. The van der Waals surface area contributed by atoms with Crippen molar-refractivity contribution in [2.45, 2.75) is 43.2 Å². The van der Waals surface area contributed by atoms with Gasteiger partial charge in [0.15, 0.2) is 17.6 Å². The van der Waals surface area contributed by atoms with Gasteiger partial charge in [-0.05, 0) is 49.6 Å². The molecule has 11 heteroatoms. The molecule has 188 valence electrons. The SMILES string of the molecule is COC[C@]12C[C@H]1[C@@](C)(c1cc(CC(=O)c3ncc(OCC(F)(F)F)cc3C)ccc1F)N=C(N)S2. The number of carbonyl (C=O) groups is 1. The van der Waals surface area contributed by atoms with Crippen LogP contribution in [-0.2, 0) is 16.7 Å². The van der Waals surface area contributed by atoms with Crippen molar-refractivity contribution in [3.8, 4) is 5.75 Å². The molecule has 0 saturated heterocycles. The number of alkyl halides is 3. The normalized spacial score (nSPS) is 25.6. The number of ketones is 1. The molecule has 0 bridgehead atoms. The van der Waals surface area contributed by atoms with Crippen LogP contribution < -0.4 is 10.5 Å². The number of hydrogen-bond acceptors (Lipinski definition) is 7. The molecule has 0 spiro atoms. The summed E-state index contributed by atoms with van der Waals surface area (Å²) in [5.74, 6) is -0.843. The average molecular weight is 512 g/mol. The van der Waals surface area contributed by atoms with Crippen LogP contribution in [0.2, 0.25) is 0 Å². The Morgan fingerprint density at radius 1 is 1.31 bits per heavy atom. The maximum atomic E-state index is 15.0. The smallest absolute Gasteiger partial charge is 0.422 e. The molecule has 2 aliphatic rings. The standard InChI is InChI=1S/C24H25F4N3O3S/c1-13-6-15(34-12-24(26,27)28)10-30-20(13)18(32)8-14-4-5-17(25)16(7-14)22(2)19-9-23(19,11-33-3)35-21(29)31-22/h4-7,10,19H,8-9,11-12H2,1-3H3,(H2,29,31)/t19-,22+,23+/m0/s1. The predicted molar refractivity (Wildman–Crippen MR) is 124 cm³/mol. The first kappa shape index (κ1) is 25.4. The van der Waals surface area contributed by atoms with Gasteiger partial charge in [-0.15, -0.1) is 0 Å². The first-order chi connectivity index (χ1) is 16.4. The molecule has 1 aromatic carbocycles. The number of amidine groups is 1. The molecular formula is C24H25F4N3O3S. The number of aliphatic imine (C=N–C) groups is 1. The topological polar surface area (TPSA) is 86.8 Å². The number of pyridine rings is 1. The second kappa shape index (κ2) is 9.09. The molecule has 1 saturated carbocycles. The number of aryl methyl sites for hydroxylation is 1. The van der Waals surface area contributed by atoms with E-state index in [0.717, 1.165) is 12.6 Å². The lowest BCUT2D eigenvalue weighted by molar-refractivity contribution is -0.153. The molecule has 2 N–H and O–H groups in total. The van der Waals surface area contributed by atoms with E-state index in [0.29, 0.717) is 28.5 Å². The fourth-order valence-corrected chi connectivity index (χ4v) is 6.20. The minimum absolute atomic E-state index is 0.0286. The van der Waals surface area contributed by atoms with Crippen molar-refractivity contribution >= 4 is 22.7 Å². The molecule has 35 heavy (non-hydrogen) atoms. The van der Waals surface area contributed by atoms with Crippen molar-refractivity contribution < 1.29 is 31.8 Å². The number of halogens is 4. The number of benzene rings is 1. The molecule has 0 radical (unpaired) electrons. The molecule has 4 rings (SSSR count). The Kier molecular flexibility index (Phi) is 6.60. The van der Waals surface area contributed by atoms with E-state index in [9.17, 15) is 18.0 Å². The highest BCUT2D eigenvalue weighted by Crippen LogP contribution is 2.65. The highest BCUT2D eigenvalue weighted by atomic mass is 32.2. The van der Waals surface area contributed by atoms with Crippen molar-refractivity contribution in [3.05, 3.63) is 58.7 Å². The summed E-state index contributed by atoms with van der Waals surface area (Å²) in [6.07, 6.45) is -2.68. The zero-order valence-corrected chi connectivity index (χ0v) is 20.2. The van der Waals surface area contributed by atoms with Gasteiger partial charge in [-0.2, -0.15) is 13.2 Å². The zero-order chi connectivity index (χ0) is 25.6. The van der Waals surface area contributed by atoms with E-state index in [1.165, 1.54) is 30.0 Å². The molecule has 0 unspecified atom stereocenters. The molecule has 1 fully saturated rings. The molecule has 0 amide bonds. The lowest BCUT2D eigenvalue weighted by atomic mass is 9.84. The summed E-state index contributed by atoms with van der Waals surface area (Å²) in [5, 5.41) is 0.367. The van der Waals surface area contributed by atoms with E-state index < -0.39 is 24.1 Å². The van der Waals surface area contributed by atoms with Crippen molar-refractivity contribution in [1.82, 2.24) is 4.98 Å². The number of carbonyl (C=O) groups excluding carboxylic acids is 1. The number of ether oxygens (including phenoxy) is 2. The Labute approximate surface area is 204 Å². The Morgan fingerprint density at radius 3 is 2.71 bits per heavy atom. The minimum atomic E-state index is -4.48. The number of aromatic nitrogens is 1. The van der Waals surface area contributed by atoms with Gasteiger partial charge in [0.1, 0.15) is 17.3 Å². The Hall–Kier alpha value is -2.66. The molecule has 2 aromatic rings. The van der Waals surface area contributed by atoms with Crippen LogP contribution >= 0.6 is 11.8 Å². The number of hydrogen-bond donors (Lipinski definition) is 1. The van der Waals surface area contributed by atoms with E-state index in [4.69, 9.17) is 10.5 Å². The van der Waals surface area contributed by atoms with Gasteiger partial charge in [-0.1, -0.05) is 17.8 Å². The van der Waals surface area contributed by atoms with Crippen LogP contribution in [0.4, 0.5) is 17.6 Å². The predicted octanol–water partition coefficient (Wildman–Crippen LogP) is 4.58. The number of nitrogens with zero attached hydrogens (tertiary/aromatic N) is 2. The summed E-state index contributed by atoms with van der Waals surface area (Å²) >= 11 is 1.46. The summed E-state index contributed by atoms with van der Waals surface area (Å²) in [7, 11) is 1.61. The Balaban J connectivity index is 1.55. The van der Waals surface area contributed by atoms with E-state index in [1.807, 2.05) is 6.92 Å². The molecule has 1 aromatic heterocycles. The van der Waals surface area contributed by atoms with Crippen LogP contribution in [0.25, 0.3) is 0 Å². The Morgan fingerprint density at radius 2 is 2.06 bits per heavy atom. The number of methoxy groups -OCH3 is 1. The van der Waals surface area contributed by atoms with Gasteiger partial charge in [-0.25, -0.2) is 9.37 Å². The van der Waals surface area contributed by atoms with Crippen molar-refractivity contribution in [3.63, 3.8) is 0 Å². The summed E-state index contributed by atoms with van der Waals surface area (Å²) in [6.45, 7) is 2.44. The summed E-state index contributed by atoms with van der Waals surface area (Å²) in [5.41, 5.74) is 6.61. The zero-order valence-electron chi connectivity index (χ0n) is 19.4. The van der Waals surface area contributed by atoms with Gasteiger partial charge < -0.3 is 15.2 Å². The van der Waals surface area contributed by atoms with Crippen molar-refractivity contribution in [2.75, 3.05) is 20.3 Å². The number of Topliss-reactive ketones (excluding diaryl/α,β-unsaturated/α-hetero) is 1. The lowest BCUT2D eigenvalue weighted by Crippen LogP contribution is -2.37. The maximum Gasteiger partial charge on any atom is 0.422 e. The van der Waals surface area contributed by atoms with E-state index in [-0.39, 0.29) is 34.3 Å². The lowest BCUT2D eigenvalue weighted by Gasteiger charge is -2.34. The molecule has 1 aliphatic heterocycles. The van der Waals surface area contributed by atoms with Crippen molar-refractivity contribution in [1.29, 1.82) is 0 Å². The molecule has 1 aliphatic carbocycles. The summed E-state index contributed by atoms with van der Waals surface area (Å²) in [6, 6.07) is 5.80. The summed E-state index contributed by atoms with van der Waals surface area (Å²) < 4.78 is 61.9. The van der Waals surface area contributed by atoms with Crippen LogP contribution in [0, 0.1) is 18.7 Å². The maximum absolute atomic E-state index is 15.0. The van der Waals surface area contributed by atoms with Gasteiger partial charge >= 0.3 is 6.18 Å². The highest BCUT2D eigenvalue weighted by molar-refractivity contribution is 8.15.